The first-order chi connectivity index (χ1) is 16.4. The largest absolute Gasteiger partial charge is 0.496 e. The number of benzene rings is 2. The van der Waals surface area contributed by atoms with Crippen LogP contribution < -0.4 is 10.3 Å². The highest BCUT2D eigenvalue weighted by Crippen LogP contribution is 2.33. The van der Waals surface area contributed by atoms with E-state index >= 15 is 0 Å². The summed E-state index contributed by atoms with van der Waals surface area (Å²) in [6, 6.07) is 17.1. The summed E-state index contributed by atoms with van der Waals surface area (Å²) in [6.45, 7) is 8.42. The third kappa shape index (κ3) is 3.50. The summed E-state index contributed by atoms with van der Waals surface area (Å²) in [7, 11) is 1.61. The van der Waals surface area contributed by atoms with Crippen molar-refractivity contribution in [1.29, 1.82) is 0 Å². The van der Waals surface area contributed by atoms with Crippen molar-refractivity contribution in [3.63, 3.8) is 0 Å². The van der Waals surface area contributed by atoms with E-state index in [0.717, 1.165) is 22.3 Å². The highest BCUT2D eigenvalue weighted by atomic mass is 16.5. The number of ether oxygens (including phenoxy) is 1. The lowest BCUT2D eigenvalue weighted by Gasteiger charge is -2.13. The van der Waals surface area contributed by atoms with Gasteiger partial charge in [-0.2, -0.15) is 9.78 Å². The number of hydrogen-bond acceptors (Lipinski definition) is 5. The van der Waals surface area contributed by atoms with Crippen LogP contribution in [-0.4, -0.2) is 27.6 Å². The molecule has 5 aromatic rings. The zero-order chi connectivity index (χ0) is 24.0. The van der Waals surface area contributed by atoms with Crippen LogP contribution in [0.5, 0.6) is 5.75 Å². The maximum absolute atomic E-state index is 13.5. The summed E-state index contributed by atoms with van der Waals surface area (Å²) in [5.74, 6) is 1.45. The lowest BCUT2D eigenvalue weighted by molar-refractivity contribution is 0.419. The van der Waals surface area contributed by atoms with E-state index in [2.05, 4.69) is 43.4 Å². The van der Waals surface area contributed by atoms with Crippen LogP contribution in [-0.2, 0) is 0 Å². The molecule has 0 aliphatic rings. The van der Waals surface area contributed by atoms with Crippen LogP contribution in [0.15, 0.2) is 68.9 Å². The van der Waals surface area contributed by atoms with E-state index in [1.807, 2.05) is 42.5 Å². The molecule has 0 spiro atoms. The molecule has 34 heavy (non-hydrogen) atoms. The first kappa shape index (κ1) is 21.7. The molecule has 0 saturated heterocycles. The first-order valence-electron chi connectivity index (χ1n) is 11.2. The molecule has 0 fully saturated rings. The van der Waals surface area contributed by atoms with Crippen LogP contribution in [0.25, 0.3) is 33.5 Å². The number of fused-ring (bicyclic) bond motifs is 2. The average molecular weight is 455 g/mol. The number of methoxy groups -OCH3 is 1. The third-order valence-electron chi connectivity index (χ3n) is 6.07. The summed E-state index contributed by atoms with van der Waals surface area (Å²) in [5, 5.41) is 5.90. The molecule has 0 aliphatic carbocycles. The molecule has 0 aliphatic heterocycles. The van der Waals surface area contributed by atoms with Crippen molar-refractivity contribution in [2.45, 2.75) is 33.7 Å². The fraction of sp³-hybridized carbons (Fsp3) is 0.222. The standard InChI is InChI=1S/C27H26N4O3/c1-16(2)30-17(3)13-19(18(30)4)15-28-31-26(29-22-10-7-6-9-20(22)27(31)32)25-14-21-23(33-5)11-8-12-24(21)34-25/h6-16H,1-5H3. The highest BCUT2D eigenvalue weighted by molar-refractivity contribution is 5.88. The Morgan fingerprint density at radius 3 is 2.59 bits per heavy atom. The monoisotopic (exact) mass is 454 g/mol. The van der Waals surface area contributed by atoms with Gasteiger partial charge in [-0.25, -0.2) is 4.98 Å². The third-order valence-corrected chi connectivity index (χ3v) is 6.07. The van der Waals surface area contributed by atoms with Crippen LogP contribution in [0.4, 0.5) is 0 Å². The van der Waals surface area contributed by atoms with Crippen LogP contribution >= 0.6 is 0 Å². The number of aromatic nitrogens is 3. The fourth-order valence-corrected chi connectivity index (χ4v) is 4.56. The Morgan fingerprint density at radius 1 is 1.06 bits per heavy atom. The van der Waals surface area contributed by atoms with Gasteiger partial charge in [-0.3, -0.25) is 4.79 Å². The second-order valence-corrected chi connectivity index (χ2v) is 8.59. The molecular formula is C27H26N4O3. The van der Waals surface area contributed by atoms with Crippen molar-refractivity contribution in [3.05, 3.63) is 81.9 Å². The van der Waals surface area contributed by atoms with E-state index in [-0.39, 0.29) is 5.56 Å². The molecule has 5 rings (SSSR count). The topological polar surface area (TPSA) is 74.6 Å². The van der Waals surface area contributed by atoms with Crippen LogP contribution in [0.1, 0.15) is 36.8 Å². The van der Waals surface area contributed by atoms with Gasteiger partial charge in [-0.1, -0.05) is 18.2 Å². The number of aryl methyl sites for hydroxylation is 1. The molecule has 3 aromatic heterocycles. The maximum Gasteiger partial charge on any atom is 0.282 e. The van der Waals surface area contributed by atoms with Crippen molar-refractivity contribution in [2.75, 3.05) is 7.11 Å². The average Bonchev–Trinajstić information content (AvgIpc) is 3.38. The predicted octanol–water partition coefficient (Wildman–Crippen LogP) is 5.70. The normalized spacial score (nSPS) is 11.9. The molecule has 2 aromatic carbocycles. The van der Waals surface area contributed by atoms with E-state index in [9.17, 15) is 4.79 Å². The van der Waals surface area contributed by atoms with E-state index in [4.69, 9.17) is 14.1 Å². The second-order valence-electron chi connectivity index (χ2n) is 8.59. The Kier molecular flexibility index (Phi) is 5.32. The van der Waals surface area contributed by atoms with Gasteiger partial charge in [0.15, 0.2) is 5.76 Å². The van der Waals surface area contributed by atoms with Crippen molar-refractivity contribution in [3.8, 4) is 17.3 Å². The number of nitrogens with zero attached hydrogens (tertiary/aromatic N) is 4. The quantitative estimate of drug-likeness (QED) is 0.319. The molecule has 0 radical (unpaired) electrons. The van der Waals surface area contributed by atoms with Gasteiger partial charge in [0.05, 0.1) is 29.6 Å². The summed E-state index contributed by atoms with van der Waals surface area (Å²) >= 11 is 0. The lowest BCUT2D eigenvalue weighted by atomic mass is 10.2. The lowest BCUT2D eigenvalue weighted by Crippen LogP contribution is -2.20. The van der Waals surface area contributed by atoms with Crippen molar-refractivity contribution in [2.24, 2.45) is 5.10 Å². The minimum Gasteiger partial charge on any atom is -0.496 e. The van der Waals surface area contributed by atoms with Gasteiger partial charge in [-0.15, -0.1) is 0 Å². The Balaban J connectivity index is 1.73. The zero-order valence-corrected chi connectivity index (χ0v) is 19.9. The van der Waals surface area contributed by atoms with Crippen molar-refractivity contribution >= 4 is 28.1 Å². The van der Waals surface area contributed by atoms with Gasteiger partial charge >= 0.3 is 0 Å². The highest BCUT2D eigenvalue weighted by Gasteiger charge is 2.18. The SMILES string of the molecule is COc1cccc2oc(-c3nc4ccccc4c(=O)n3N=Cc3cc(C)n(C(C)C)c3C)cc12. The first-order valence-corrected chi connectivity index (χ1v) is 11.2. The predicted molar refractivity (Wildman–Crippen MR) is 135 cm³/mol. The Bertz CT molecular complexity index is 1620. The molecule has 0 bridgehead atoms. The van der Waals surface area contributed by atoms with Gasteiger partial charge in [0, 0.05) is 23.0 Å². The van der Waals surface area contributed by atoms with Crippen LogP contribution in [0.3, 0.4) is 0 Å². The minimum atomic E-state index is -0.262. The van der Waals surface area contributed by atoms with Crippen molar-refractivity contribution in [1.82, 2.24) is 14.2 Å². The molecule has 0 saturated carbocycles. The maximum atomic E-state index is 13.5. The summed E-state index contributed by atoms with van der Waals surface area (Å²) in [5.41, 5.74) is 4.15. The molecular weight excluding hydrogens is 428 g/mol. The second kappa shape index (κ2) is 8.33. The van der Waals surface area contributed by atoms with E-state index in [0.29, 0.717) is 39.9 Å². The molecule has 0 amide bonds. The number of hydrogen-bond donors (Lipinski definition) is 0. The zero-order valence-electron chi connectivity index (χ0n) is 19.9. The summed E-state index contributed by atoms with van der Waals surface area (Å²) in [6.07, 6.45) is 1.71. The molecule has 3 heterocycles. The van der Waals surface area contributed by atoms with Gasteiger partial charge < -0.3 is 13.7 Å². The number of para-hydroxylation sites is 1. The van der Waals surface area contributed by atoms with E-state index in [1.165, 1.54) is 4.68 Å². The smallest absolute Gasteiger partial charge is 0.282 e. The van der Waals surface area contributed by atoms with Gasteiger partial charge in [0.25, 0.3) is 5.56 Å². The fourth-order valence-electron chi connectivity index (χ4n) is 4.56. The van der Waals surface area contributed by atoms with E-state index < -0.39 is 0 Å². The Labute approximate surface area is 196 Å². The van der Waals surface area contributed by atoms with Crippen LogP contribution in [0.2, 0.25) is 0 Å². The van der Waals surface area contributed by atoms with Gasteiger partial charge in [0.1, 0.15) is 11.3 Å². The van der Waals surface area contributed by atoms with Crippen LogP contribution in [0, 0.1) is 13.8 Å². The Morgan fingerprint density at radius 2 is 1.85 bits per heavy atom. The molecule has 7 nitrogen and oxygen atoms in total. The summed E-state index contributed by atoms with van der Waals surface area (Å²) in [4.78, 5) is 18.2. The molecule has 0 N–H and O–H groups in total. The summed E-state index contributed by atoms with van der Waals surface area (Å²) < 4.78 is 15.1. The number of furan rings is 1. The molecule has 172 valence electrons. The van der Waals surface area contributed by atoms with E-state index in [1.54, 1.807) is 19.4 Å². The van der Waals surface area contributed by atoms with Crippen molar-refractivity contribution < 1.29 is 9.15 Å². The Hall–Kier alpha value is -4.13. The minimum absolute atomic E-state index is 0.262. The molecule has 0 atom stereocenters. The van der Waals surface area contributed by atoms with Gasteiger partial charge in [-0.05, 0) is 64.1 Å². The molecule has 7 heteroatoms. The molecule has 0 unspecified atom stereocenters. The number of rotatable bonds is 5. The van der Waals surface area contributed by atoms with Gasteiger partial charge in [0.2, 0.25) is 5.82 Å².